The zero-order chi connectivity index (χ0) is 13.5. The van der Waals surface area contributed by atoms with E-state index >= 15 is 0 Å². The maximum absolute atomic E-state index is 11.2. The molecule has 0 aliphatic rings. The molecule has 0 fully saturated rings. The fourth-order valence-corrected chi connectivity index (χ4v) is 2.55. The SMILES string of the molecule is Cc1[nH]c(=O)nc(SCCCCCO)c1C(=O)O. The minimum Gasteiger partial charge on any atom is -0.478 e. The van der Waals surface area contributed by atoms with Gasteiger partial charge in [-0.05, 0) is 25.5 Å². The molecule has 0 saturated carbocycles. The largest absolute Gasteiger partial charge is 0.478 e. The highest BCUT2D eigenvalue weighted by atomic mass is 32.2. The van der Waals surface area contributed by atoms with Gasteiger partial charge in [0.05, 0.1) is 0 Å². The van der Waals surface area contributed by atoms with Gasteiger partial charge in [0.25, 0.3) is 0 Å². The first-order valence-electron chi connectivity index (χ1n) is 5.64. The number of carbonyl (C=O) groups is 1. The molecule has 0 aliphatic carbocycles. The van der Waals surface area contributed by atoms with Gasteiger partial charge in [-0.25, -0.2) is 9.59 Å². The lowest BCUT2D eigenvalue weighted by atomic mass is 10.2. The average Bonchev–Trinajstić information content (AvgIpc) is 2.27. The third-order valence-electron chi connectivity index (χ3n) is 2.34. The second-order valence-electron chi connectivity index (χ2n) is 3.78. The summed E-state index contributed by atoms with van der Waals surface area (Å²) in [4.78, 5) is 28.4. The molecule has 1 heterocycles. The predicted molar refractivity (Wildman–Crippen MR) is 68.2 cm³/mol. The molecule has 100 valence electrons. The molecule has 0 saturated heterocycles. The second-order valence-corrected chi connectivity index (χ2v) is 4.87. The van der Waals surface area contributed by atoms with Crippen molar-refractivity contribution in [1.82, 2.24) is 9.97 Å². The number of H-pyrrole nitrogens is 1. The maximum atomic E-state index is 11.2. The molecule has 6 nitrogen and oxygen atoms in total. The van der Waals surface area contributed by atoms with Crippen molar-refractivity contribution in [2.45, 2.75) is 31.2 Å². The molecule has 0 aliphatic heterocycles. The Kier molecular flexibility index (Phi) is 5.87. The summed E-state index contributed by atoms with van der Waals surface area (Å²) in [5, 5.41) is 18.0. The van der Waals surface area contributed by atoms with Crippen molar-refractivity contribution in [2.24, 2.45) is 0 Å². The first kappa shape index (κ1) is 14.7. The first-order chi connectivity index (χ1) is 8.56. The van der Waals surface area contributed by atoms with Crippen LogP contribution in [0.1, 0.15) is 35.3 Å². The Labute approximate surface area is 108 Å². The van der Waals surface area contributed by atoms with E-state index in [-0.39, 0.29) is 17.2 Å². The number of hydrogen-bond donors (Lipinski definition) is 3. The number of nitrogens with zero attached hydrogens (tertiary/aromatic N) is 1. The van der Waals surface area contributed by atoms with Crippen LogP contribution in [0.4, 0.5) is 0 Å². The molecule has 3 N–H and O–H groups in total. The summed E-state index contributed by atoms with van der Waals surface area (Å²) in [5.41, 5.74) is -0.155. The number of aryl methyl sites for hydroxylation is 1. The smallest absolute Gasteiger partial charge is 0.346 e. The minimum atomic E-state index is -1.09. The number of aliphatic hydroxyl groups is 1. The van der Waals surface area contributed by atoms with Crippen LogP contribution in [0.3, 0.4) is 0 Å². The maximum Gasteiger partial charge on any atom is 0.346 e. The van der Waals surface area contributed by atoms with Gasteiger partial charge in [0.1, 0.15) is 10.6 Å². The van der Waals surface area contributed by atoms with E-state index in [0.717, 1.165) is 19.3 Å². The Morgan fingerprint density at radius 3 is 2.72 bits per heavy atom. The lowest BCUT2D eigenvalue weighted by Crippen LogP contribution is -2.18. The van der Waals surface area contributed by atoms with E-state index in [9.17, 15) is 9.59 Å². The van der Waals surface area contributed by atoms with E-state index in [1.54, 1.807) is 6.92 Å². The number of rotatable bonds is 7. The molecule has 1 aromatic heterocycles. The molecule has 0 atom stereocenters. The fourth-order valence-electron chi connectivity index (χ4n) is 1.48. The van der Waals surface area contributed by atoms with Crippen molar-refractivity contribution < 1.29 is 15.0 Å². The fraction of sp³-hybridized carbons (Fsp3) is 0.545. The van der Waals surface area contributed by atoms with E-state index in [1.807, 2.05) is 0 Å². The van der Waals surface area contributed by atoms with Crippen molar-refractivity contribution in [3.8, 4) is 0 Å². The Hall–Kier alpha value is -1.34. The van der Waals surface area contributed by atoms with Crippen LogP contribution in [0.25, 0.3) is 0 Å². The molecule has 0 unspecified atom stereocenters. The van der Waals surface area contributed by atoms with Gasteiger partial charge in [0, 0.05) is 12.3 Å². The third kappa shape index (κ3) is 4.15. The Morgan fingerprint density at radius 1 is 1.39 bits per heavy atom. The van der Waals surface area contributed by atoms with Crippen LogP contribution in [0.2, 0.25) is 0 Å². The van der Waals surface area contributed by atoms with Crippen LogP contribution >= 0.6 is 11.8 Å². The van der Waals surface area contributed by atoms with Crippen molar-refractivity contribution in [3.05, 3.63) is 21.7 Å². The number of unbranched alkanes of at least 4 members (excludes halogenated alkanes) is 2. The summed E-state index contributed by atoms with van der Waals surface area (Å²) >= 11 is 1.26. The molecule has 0 spiro atoms. The van der Waals surface area contributed by atoms with Gasteiger partial charge in [0.2, 0.25) is 0 Å². The number of aromatic carboxylic acids is 1. The lowest BCUT2D eigenvalue weighted by molar-refractivity contribution is 0.0690. The van der Waals surface area contributed by atoms with Gasteiger partial charge in [-0.15, -0.1) is 11.8 Å². The van der Waals surface area contributed by atoms with E-state index in [2.05, 4.69) is 9.97 Å². The predicted octanol–water partition coefficient (Wildman–Crippen LogP) is 1.03. The van der Waals surface area contributed by atoms with Crippen molar-refractivity contribution in [3.63, 3.8) is 0 Å². The summed E-state index contributed by atoms with van der Waals surface area (Å²) in [6.07, 6.45) is 2.44. The topological polar surface area (TPSA) is 103 Å². The Bertz CT molecular complexity index is 473. The number of carboxylic acid groups (broad SMARTS) is 1. The van der Waals surface area contributed by atoms with Gasteiger partial charge < -0.3 is 15.2 Å². The summed E-state index contributed by atoms with van der Waals surface area (Å²) in [7, 11) is 0. The number of hydrogen-bond acceptors (Lipinski definition) is 5. The molecule has 0 bridgehead atoms. The van der Waals surface area contributed by atoms with Crippen LogP contribution in [0.5, 0.6) is 0 Å². The molecular formula is C11H16N2O4S. The van der Waals surface area contributed by atoms with Crippen LogP contribution in [-0.2, 0) is 0 Å². The number of carboxylic acids is 1. The molecular weight excluding hydrogens is 256 g/mol. The number of aromatic nitrogens is 2. The van der Waals surface area contributed by atoms with Gasteiger partial charge in [0.15, 0.2) is 0 Å². The highest BCUT2D eigenvalue weighted by molar-refractivity contribution is 7.99. The van der Waals surface area contributed by atoms with E-state index in [1.165, 1.54) is 11.8 Å². The number of aromatic amines is 1. The van der Waals surface area contributed by atoms with Crippen molar-refractivity contribution >= 4 is 17.7 Å². The summed E-state index contributed by atoms with van der Waals surface area (Å²) in [6, 6.07) is 0. The summed E-state index contributed by atoms with van der Waals surface area (Å²) in [5.74, 6) is -0.412. The van der Waals surface area contributed by atoms with E-state index in [0.29, 0.717) is 11.4 Å². The quantitative estimate of drug-likeness (QED) is 0.389. The van der Waals surface area contributed by atoms with Crippen LogP contribution < -0.4 is 5.69 Å². The Morgan fingerprint density at radius 2 is 2.11 bits per heavy atom. The first-order valence-corrected chi connectivity index (χ1v) is 6.62. The summed E-state index contributed by atoms with van der Waals surface area (Å²) < 4.78 is 0. The second kappa shape index (κ2) is 7.17. The monoisotopic (exact) mass is 272 g/mol. The van der Waals surface area contributed by atoms with Gasteiger partial charge >= 0.3 is 11.7 Å². The molecule has 0 radical (unpaired) electrons. The molecule has 1 aromatic rings. The van der Waals surface area contributed by atoms with Crippen LogP contribution in [0, 0.1) is 6.92 Å². The molecule has 0 aromatic carbocycles. The molecule has 1 rings (SSSR count). The van der Waals surface area contributed by atoms with E-state index < -0.39 is 11.7 Å². The third-order valence-corrected chi connectivity index (χ3v) is 3.40. The van der Waals surface area contributed by atoms with Crippen LogP contribution in [-0.4, -0.2) is 38.5 Å². The molecule has 7 heteroatoms. The number of nitrogens with one attached hydrogen (secondary N) is 1. The molecule has 18 heavy (non-hydrogen) atoms. The number of aliphatic hydroxyl groups excluding tert-OH is 1. The Balaban J connectivity index is 2.74. The highest BCUT2D eigenvalue weighted by Gasteiger charge is 2.16. The molecule has 0 amide bonds. The number of thioether (sulfide) groups is 1. The van der Waals surface area contributed by atoms with Crippen LogP contribution in [0.15, 0.2) is 9.82 Å². The normalized spacial score (nSPS) is 10.6. The van der Waals surface area contributed by atoms with Crippen molar-refractivity contribution in [2.75, 3.05) is 12.4 Å². The van der Waals surface area contributed by atoms with Gasteiger partial charge in [-0.2, -0.15) is 4.98 Å². The minimum absolute atomic E-state index is 0.0572. The standard InChI is InChI=1S/C11H16N2O4S/c1-7-8(10(15)16)9(13-11(17)12-7)18-6-4-2-3-5-14/h14H,2-6H2,1H3,(H,15,16)(H,12,13,17). The van der Waals surface area contributed by atoms with E-state index in [4.69, 9.17) is 10.2 Å². The van der Waals surface area contributed by atoms with Crippen molar-refractivity contribution in [1.29, 1.82) is 0 Å². The lowest BCUT2D eigenvalue weighted by Gasteiger charge is -2.06. The average molecular weight is 272 g/mol. The zero-order valence-corrected chi connectivity index (χ0v) is 10.9. The van der Waals surface area contributed by atoms with Gasteiger partial charge in [-0.1, -0.05) is 6.42 Å². The van der Waals surface area contributed by atoms with Gasteiger partial charge in [-0.3, -0.25) is 0 Å². The highest BCUT2D eigenvalue weighted by Crippen LogP contribution is 2.22. The summed E-state index contributed by atoms with van der Waals surface area (Å²) in [6.45, 7) is 1.70. The zero-order valence-electron chi connectivity index (χ0n) is 10.1.